The Kier molecular flexibility index (Phi) is 3.76. The van der Waals surface area contributed by atoms with Crippen molar-refractivity contribution in [2.45, 2.75) is 6.42 Å². The van der Waals surface area contributed by atoms with Crippen molar-refractivity contribution in [3.8, 4) is 0 Å². The van der Waals surface area contributed by atoms with Crippen LogP contribution in [0.15, 0.2) is 12.4 Å². The van der Waals surface area contributed by atoms with Gasteiger partial charge >= 0.3 is 5.97 Å². The zero-order valence-corrected chi connectivity index (χ0v) is 10.6. The maximum atomic E-state index is 11.7. The molecule has 2 heterocycles. The lowest BCUT2D eigenvalue weighted by Crippen LogP contribution is -2.26. The number of ether oxygens (including phenoxy) is 1. The van der Waals surface area contributed by atoms with Crippen LogP contribution in [0.4, 0.5) is 5.95 Å². The molecule has 18 heavy (non-hydrogen) atoms. The van der Waals surface area contributed by atoms with E-state index in [-0.39, 0.29) is 17.4 Å². The maximum Gasteiger partial charge on any atom is 0.341 e. The van der Waals surface area contributed by atoms with Gasteiger partial charge in [-0.05, 0) is 5.92 Å². The molecule has 0 bridgehead atoms. The lowest BCUT2D eigenvalue weighted by molar-refractivity contribution is -0.117. The summed E-state index contributed by atoms with van der Waals surface area (Å²) < 4.78 is 4.54. The molecule has 96 valence electrons. The second kappa shape index (κ2) is 5.30. The van der Waals surface area contributed by atoms with Gasteiger partial charge < -0.3 is 4.74 Å². The first-order valence-electron chi connectivity index (χ1n) is 5.42. The highest BCUT2D eigenvalue weighted by molar-refractivity contribution is 6.18. The minimum absolute atomic E-state index is 0.0496. The molecule has 1 amide bonds. The Hall–Kier alpha value is -1.69. The number of nitrogens with zero attached hydrogens (tertiary/aromatic N) is 3. The van der Waals surface area contributed by atoms with E-state index in [1.54, 1.807) is 0 Å². The number of carbonyl (C=O) groups is 2. The fourth-order valence-corrected chi connectivity index (χ4v) is 1.97. The van der Waals surface area contributed by atoms with Crippen LogP contribution in [0.2, 0.25) is 0 Å². The molecule has 0 spiro atoms. The van der Waals surface area contributed by atoms with E-state index in [1.165, 1.54) is 24.4 Å². The van der Waals surface area contributed by atoms with E-state index in [1.807, 2.05) is 0 Å². The van der Waals surface area contributed by atoms with Crippen molar-refractivity contribution in [1.82, 2.24) is 9.97 Å². The SMILES string of the molecule is COC(=O)c1cnc(N2CC(CCl)CC2=O)nc1. The molecule has 1 fully saturated rings. The highest BCUT2D eigenvalue weighted by Crippen LogP contribution is 2.22. The van der Waals surface area contributed by atoms with Gasteiger partial charge in [0, 0.05) is 31.2 Å². The van der Waals surface area contributed by atoms with Crippen LogP contribution in [-0.2, 0) is 9.53 Å². The van der Waals surface area contributed by atoms with Crippen molar-refractivity contribution in [3.63, 3.8) is 0 Å². The molecule has 1 aliphatic rings. The number of esters is 1. The predicted molar refractivity (Wildman–Crippen MR) is 64.6 cm³/mol. The van der Waals surface area contributed by atoms with E-state index in [4.69, 9.17) is 11.6 Å². The molecule has 1 aromatic heterocycles. The van der Waals surface area contributed by atoms with Crippen molar-refractivity contribution in [2.24, 2.45) is 5.92 Å². The quantitative estimate of drug-likeness (QED) is 0.601. The summed E-state index contributed by atoms with van der Waals surface area (Å²) in [5, 5.41) is 0. The van der Waals surface area contributed by atoms with Crippen LogP contribution in [-0.4, -0.2) is 41.4 Å². The minimum atomic E-state index is -0.507. The third-order valence-corrected chi connectivity index (χ3v) is 3.16. The maximum absolute atomic E-state index is 11.7. The Morgan fingerprint density at radius 2 is 2.22 bits per heavy atom. The Morgan fingerprint density at radius 1 is 1.56 bits per heavy atom. The molecule has 0 saturated carbocycles. The van der Waals surface area contributed by atoms with E-state index < -0.39 is 5.97 Å². The first-order chi connectivity index (χ1) is 8.65. The third kappa shape index (κ3) is 2.43. The molecule has 1 aromatic rings. The van der Waals surface area contributed by atoms with Crippen LogP contribution in [0, 0.1) is 5.92 Å². The molecular formula is C11H12ClN3O3. The minimum Gasteiger partial charge on any atom is -0.465 e. The fraction of sp³-hybridized carbons (Fsp3) is 0.455. The summed E-state index contributed by atoms with van der Waals surface area (Å²) in [6.07, 6.45) is 3.09. The van der Waals surface area contributed by atoms with Gasteiger partial charge in [0.05, 0.1) is 12.7 Å². The van der Waals surface area contributed by atoms with E-state index in [0.717, 1.165) is 0 Å². The molecule has 1 atom stereocenters. The third-order valence-electron chi connectivity index (χ3n) is 2.72. The molecular weight excluding hydrogens is 258 g/mol. The van der Waals surface area contributed by atoms with Gasteiger partial charge in [0.25, 0.3) is 0 Å². The van der Waals surface area contributed by atoms with Crippen molar-refractivity contribution >= 4 is 29.4 Å². The molecule has 1 aliphatic heterocycles. The number of amides is 1. The lowest BCUT2D eigenvalue weighted by atomic mass is 10.2. The monoisotopic (exact) mass is 269 g/mol. The average Bonchev–Trinajstić information content (AvgIpc) is 2.79. The number of carbonyl (C=O) groups excluding carboxylic acids is 2. The van der Waals surface area contributed by atoms with Crippen LogP contribution >= 0.6 is 11.6 Å². The number of alkyl halides is 1. The normalized spacial score (nSPS) is 19.1. The van der Waals surface area contributed by atoms with Gasteiger partial charge in [0.15, 0.2) is 0 Å². The van der Waals surface area contributed by atoms with Crippen molar-refractivity contribution in [1.29, 1.82) is 0 Å². The molecule has 1 saturated heterocycles. The number of aromatic nitrogens is 2. The largest absolute Gasteiger partial charge is 0.465 e. The zero-order valence-electron chi connectivity index (χ0n) is 9.80. The molecule has 0 aromatic carbocycles. The summed E-state index contributed by atoms with van der Waals surface area (Å²) in [5.74, 6) is 0.297. The number of anilines is 1. The summed E-state index contributed by atoms with van der Waals surface area (Å²) in [5.41, 5.74) is 0.252. The zero-order chi connectivity index (χ0) is 13.1. The standard InChI is InChI=1S/C11H12ClN3O3/c1-18-10(17)8-4-13-11(14-5-8)15-6-7(3-12)2-9(15)16/h4-5,7H,2-3,6H2,1H3. The van der Waals surface area contributed by atoms with Gasteiger partial charge in [-0.1, -0.05) is 0 Å². The first-order valence-corrected chi connectivity index (χ1v) is 5.96. The summed E-state index contributed by atoms with van der Waals surface area (Å²) in [6.45, 7) is 0.514. The van der Waals surface area contributed by atoms with Gasteiger partial charge in [-0.2, -0.15) is 0 Å². The molecule has 6 nitrogen and oxygen atoms in total. The van der Waals surface area contributed by atoms with Gasteiger partial charge in [0.2, 0.25) is 11.9 Å². The predicted octanol–water partition coefficient (Wildman–Crippen LogP) is 0.855. The number of hydrogen-bond acceptors (Lipinski definition) is 5. The van der Waals surface area contributed by atoms with Crippen LogP contribution < -0.4 is 4.90 Å². The fourth-order valence-electron chi connectivity index (χ4n) is 1.76. The first kappa shape index (κ1) is 12.8. The van der Waals surface area contributed by atoms with Crippen LogP contribution in [0.1, 0.15) is 16.8 Å². The van der Waals surface area contributed by atoms with E-state index in [2.05, 4.69) is 14.7 Å². The Bertz CT molecular complexity index is 463. The Morgan fingerprint density at radius 3 is 2.72 bits per heavy atom. The summed E-state index contributed by atoms with van der Waals surface area (Å²) in [7, 11) is 1.28. The lowest BCUT2D eigenvalue weighted by Gasteiger charge is -2.13. The van der Waals surface area contributed by atoms with Gasteiger partial charge in [-0.15, -0.1) is 11.6 Å². The van der Waals surface area contributed by atoms with Gasteiger partial charge in [0.1, 0.15) is 0 Å². The van der Waals surface area contributed by atoms with Crippen molar-refractivity contribution in [3.05, 3.63) is 18.0 Å². The highest BCUT2D eigenvalue weighted by atomic mass is 35.5. The van der Waals surface area contributed by atoms with Crippen molar-refractivity contribution < 1.29 is 14.3 Å². The summed E-state index contributed by atoms with van der Waals surface area (Å²) in [4.78, 5) is 32.4. The summed E-state index contributed by atoms with van der Waals surface area (Å²) in [6, 6.07) is 0. The molecule has 7 heteroatoms. The Labute approximate surface area is 109 Å². The topological polar surface area (TPSA) is 72.4 Å². The molecule has 2 rings (SSSR count). The molecule has 0 N–H and O–H groups in total. The van der Waals surface area contributed by atoms with Gasteiger partial charge in [-0.3, -0.25) is 9.69 Å². The van der Waals surface area contributed by atoms with Crippen LogP contribution in [0.5, 0.6) is 0 Å². The Balaban J connectivity index is 2.15. The molecule has 0 radical (unpaired) electrons. The van der Waals surface area contributed by atoms with Crippen LogP contribution in [0.25, 0.3) is 0 Å². The number of halogens is 1. The number of methoxy groups -OCH3 is 1. The second-order valence-corrected chi connectivity index (χ2v) is 4.30. The summed E-state index contributed by atoms with van der Waals surface area (Å²) >= 11 is 5.73. The van der Waals surface area contributed by atoms with E-state index in [9.17, 15) is 9.59 Å². The molecule has 1 unspecified atom stereocenters. The second-order valence-electron chi connectivity index (χ2n) is 3.99. The van der Waals surface area contributed by atoms with Crippen molar-refractivity contribution in [2.75, 3.05) is 24.4 Å². The molecule has 0 aliphatic carbocycles. The average molecular weight is 270 g/mol. The van der Waals surface area contributed by atoms with Crippen LogP contribution in [0.3, 0.4) is 0 Å². The van der Waals surface area contributed by atoms with E-state index >= 15 is 0 Å². The van der Waals surface area contributed by atoms with E-state index in [0.29, 0.717) is 24.8 Å². The number of hydrogen-bond donors (Lipinski definition) is 0. The van der Waals surface area contributed by atoms with Gasteiger partial charge in [-0.25, -0.2) is 14.8 Å². The number of rotatable bonds is 3. The smallest absolute Gasteiger partial charge is 0.341 e. The highest BCUT2D eigenvalue weighted by Gasteiger charge is 2.31.